The van der Waals surface area contributed by atoms with E-state index in [0.29, 0.717) is 39.0 Å². The highest BCUT2D eigenvalue weighted by Crippen LogP contribution is 2.26. The zero-order chi connectivity index (χ0) is 18.9. The third-order valence-corrected chi connectivity index (χ3v) is 6.54. The number of aromatic nitrogens is 1. The summed E-state index contributed by atoms with van der Waals surface area (Å²) in [5, 5.41) is 4.21. The molecule has 0 radical (unpaired) electrons. The number of hydrogen-bond donors (Lipinski definition) is 1. The summed E-state index contributed by atoms with van der Waals surface area (Å²) in [6.45, 7) is 3.77. The molecule has 27 heavy (non-hydrogen) atoms. The summed E-state index contributed by atoms with van der Waals surface area (Å²) in [6.07, 6.45) is 1.77. The fraction of sp³-hybridized carbons (Fsp3) is 0.500. The molecule has 146 valence electrons. The molecule has 1 aromatic heterocycles. The van der Waals surface area contributed by atoms with E-state index in [2.05, 4.69) is 14.8 Å². The van der Waals surface area contributed by atoms with Gasteiger partial charge in [-0.05, 0) is 31.0 Å². The largest absolute Gasteiger partial charge is 0.379 e. The van der Waals surface area contributed by atoms with Crippen molar-refractivity contribution in [2.75, 3.05) is 26.3 Å². The lowest BCUT2D eigenvalue weighted by molar-refractivity contribution is 0.0331. The zero-order valence-electron chi connectivity index (χ0n) is 14.9. The first kappa shape index (κ1) is 18.5. The van der Waals surface area contributed by atoms with Crippen LogP contribution in [0.25, 0.3) is 0 Å². The molecule has 1 atom stereocenters. The van der Waals surface area contributed by atoms with E-state index in [9.17, 15) is 12.8 Å². The summed E-state index contributed by atoms with van der Waals surface area (Å²) in [7, 11) is -3.78. The van der Waals surface area contributed by atoms with E-state index in [0.717, 1.165) is 36.2 Å². The van der Waals surface area contributed by atoms with E-state index in [-0.39, 0.29) is 10.9 Å². The summed E-state index contributed by atoms with van der Waals surface area (Å²) in [5.74, 6) is 0.259. The summed E-state index contributed by atoms with van der Waals surface area (Å²) < 4.78 is 52.1. The van der Waals surface area contributed by atoms with Gasteiger partial charge in [0.15, 0.2) is 0 Å². The minimum atomic E-state index is -3.78. The van der Waals surface area contributed by atoms with Gasteiger partial charge in [0.1, 0.15) is 17.3 Å². The fourth-order valence-electron chi connectivity index (χ4n) is 3.58. The van der Waals surface area contributed by atoms with Crippen molar-refractivity contribution < 1.29 is 22.1 Å². The smallest absolute Gasteiger partial charge is 0.240 e. The number of nitrogens with one attached hydrogen (secondary N) is 1. The van der Waals surface area contributed by atoms with Crippen LogP contribution in [0.1, 0.15) is 23.4 Å². The van der Waals surface area contributed by atoms with Crippen LogP contribution in [0.4, 0.5) is 4.39 Å². The number of aryl methyl sites for hydroxylation is 1. The Morgan fingerprint density at radius 3 is 2.89 bits per heavy atom. The Balaban J connectivity index is 1.47. The Kier molecular flexibility index (Phi) is 5.27. The van der Waals surface area contributed by atoms with Crippen LogP contribution in [-0.4, -0.2) is 50.8 Å². The Labute approximate surface area is 157 Å². The Morgan fingerprint density at radius 1 is 1.30 bits per heavy atom. The van der Waals surface area contributed by atoms with Crippen LogP contribution in [0.15, 0.2) is 33.7 Å². The molecule has 0 bridgehead atoms. The van der Waals surface area contributed by atoms with E-state index in [1.165, 1.54) is 18.2 Å². The van der Waals surface area contributed by atoms with Crippen LogP contribution < -0.4 is 4.72 Å². The number of halogens is 1. The number of benzene rings is 1. The van der Waals surface area contributed by atoms with Gasteiger partial charge < -0.3 is 9.26 Å². The number of sulfonamides is 1. The maximum Gasteiger partial charge on any atom is 0.240 e. The van der Waals surface area contributed by atoms with Gasteiger partial charge in [0.05, 0.1) is 18.1 Å². The lowest BCUT2D eigenvalue weighted by atomic mass is 9.92. The standard InChI is InChI=1S/C18H22FN3O4S/c19-13-2-1-3-15(10-13)27(23,24)21-14-4-5-18-16(11-14)17(20-26-18)12-22-6-8-25-9-7-22/h1-3,10,14,21H,4-9,11-12H2. The minimum absolute atomic E-state index is 0.0628. The highest BCUT2D eigenvalue weighted by atomic mass is 32.2. The maximum atomic E-state index is 13.4. The second-order valence-electron chi connectivity index (χ2n) is 6.94. The van der Waals surface area contributed by atoms with Crippen molar-refractivity contribution in [3.63, 3.8) is 0 Å². The van der Waals surface area contributed by atoms with Gasteiger partial charge in [-0.25, -0.2) is 17.5 Å². The third-order valence-electron chi connectivity index (χ3n) is 5.03. The first-order valence-electron chi connectivity index (χ1n) is 9.05. The van der Waals surface area contributed by atoms with Gasteiger partial charge in [-0.2, -0.15) is 0 Å². The Morgan fingerprint density at radius 2 is 2.11 bits per heavy atom. The molecule has 0 spiro atoms. The highest BCUT2D eigenvalue weighted by Gasteiger charge is 2.29. The van der Waals surface area contributed by atoms with Crippen LogP contribution >= 0.6 is 0 Å². The third kappa shape index (κ3) is 4.21. The van der Waals surface area contributed by atoms with Gasteiger partial charge in [0.25, 0.3) is 0 Å². The van der Waals surface area contributed by atoms with Crippen molar-refractivity contribution in [3.8, 4) is 0 Å². The molecular formula is C18H22FN3O4S. The molecule has 4 rings (SSSR count). The molecule has 1 fully saturated rings. The van der Waals surface area contributed by atoms with Crippen LogP contribution in [0.5, 0.6) is 0 Å². The molecule has 0 amide bonds. The van der Waals surface area contributed by atoms with Gasteiger partial charge >= 0.3 is 0 Å². The highest BCUT2D eigenvalue weighted by molar-refractivity contribution is 7.89. The normalized spacial score (nSPS) is 21.1. The monoisotopic (exact) mass is 395 g/mol. The van der Waals surface area contributed by atoms with E-state index in [4.69, 9.17) is 9.26 Å². The van der Waals surface area contributed by atoms with Gasteiger partial charge in [0.2, 0.25) is 10.0 Å². The molecule has 1 aliphatic carbocycles. The van der Waals surface area contributed by atoms with Crippen molar-refractivity contribution in [2.24, 2.45) is 0 Å². The van der Waals surface area contributed by atoms with Gasteiger partial charge in [-0.3, -0.25) is 4.90 Å². The Hall–Kier alpha value is -1.81. The van der Waals surface area contributed by atoms with Crippen LogP contribution in [-0.2, 0) is 34.1 Å². The maximum absolute atomic E-state index is 13.4. The molecule has 1 saturated heterocycles. The molecule has 2 heterocycles. The van der Waals surface area contributed by atoms with E-state index < -0.39 is 15.8 Å². The zero-order valence-corrected chi connectivity index (χ0v) is 15.7. The first-order chi connectivity index (χ1) is 13.0. The van der Waals surface area contributed by atoms with Gasteiger partial charge in [-0.15, -0.1) is 0 Å². The van der Waals surface area contributed by atoms with Crippen molar-refractivity contribution >= 4 is 10.0 Å². The molecule has 7 nitrogen and oxygen atoms in total. The lowest BCUT2D eigenvalue weighted by Gasteiger charge is -2.27. The summed E-state index contributed by atoms with van der Waals surface area (Å²) >= 11 is 0. The number of fused-ring (bicyclic) bond motifs is 1. The molecule has 1 aromatic carbocycles. The van der Waals surface area contributed by atoms with Crippen LogP contribution in [0.2, 0.25) is 0 Å². The average molecular weight is 395 g/mol. The molecule has 2 aliphatic rings. The predicted molar refractivity (Wildman–Crippen MR) is 95.1 cm³/mol. The van der Waals surface area contributed by atoms with Crippen LogP contribution in [0.3, 0.4) is 0 Å². The SMILES string of the molecule is O=S(=O)(NC1CCc2onc(CN3CCOCC3)c2C1)c1cccc(F)c1. The van der Waals surface area contributed by atoms with Crippen molar-refractivity contribution in [1.29, 1.82) is 0 Å². The minimum Gasteiger partial charge on any atom is -0.379 e. The van der Waals surface area contributed by atoms with Gasteiger partial charge in [-0.1, -0.05) is 11.2 Å². The number of ether oxygens (including phenoxy) is 1. The van der Waals surface area contributed by atoms with Crippen molar-refractivity contribution in [3.05, 3.63) is 47.1 Å². The molecule has 0 saturated carbocycles. The number of hydrogen-bond acceptors (Lipinski definition) is 6. The summed E-state index contributed by atoms with van der Waals surface area (Å²) in [6, 6.07) is 4.76. The fourth-order valence-corrected chi connectivity index (χ4v) is 4.88. The molecule has 2 aromatic rings. The second-order valence-corrected chi connectivity index (χ2v) is 8.65. The molecule has 1 N–H and O–H groups in total. The number of nitrogens with zero attached hydrogens (tertiary/aromatic N) is 2. The summed E-state index contributed by atoms with van der Waals surface area (Å²) in [4.78, 5) is 2.19. The van der Waals surface area contributed by atoms with Gasteiger partial charge in [0, 0.05) is 37.7 Å². The molecule has 9 heteroatoms. The van der Waals surface area contributed by atoms with E-state index in [1.54, 1.807) is 0 Å². The van der Waals surface area contributed by atoms with Crippen LogP contribution in [0, 0.1) is 5.82 Å². The van der Waals surface area contributed by atoms with Crippen molar-refractivity contribution in [1.82, 2.24) is 14.8 Å². The predicted octanol–water partition coefficient (Wildman–Crippen LogP) is 1.48. The number of rotatable bonds is 5. The first-order valence-corrected chi connectivity index (χ1v) is 10.5. The van der Waals surface area contributed by atoms with Crippen molar-refractivity contribution in [2.45, 2.75) is 36.7 Å². The van der Waals surface area contributed by atoms with E-state index in [1.807, 2.05) is 0 Å². The topological polar surface area (TPSA) is 84.7 Å². The molecular weight excluding hydrogens is 373 g/mol. The Bertz CT molecular complexity index is 909. The number of morpholine rings is 1. The summed E-state index contributed by atoms with van der Waals surface area (Å²) in [5.41, 5.74) is 1.85. The molecule has 1 aliphatic heterocycles. The second kappa shape index (κ2) is 7.67. The quantitative estimate of drug-likeness (QED) is 0.826. The van der Waals surface area contributed by atoms with E-state index >= 15 is 0 Å². The molecule has 1 unspecified atom stereocenters. The average Bonchev–Trinajstić information content (AvgIpc) is 3.04. The lowest BCUT2D eigenvalue weighted by Crippen LogP contribution is -2.39.